The lowest BCUT2D eigenvalue weighted by Gasteiger charge is -2.08. The van der Waals surface area contributed by atoms with Crippen molar-refractivity contribution < 1.29 is 0 Å². The van der Waals surface area contributed by atoms with Crippen molar-refractivity contribution in [2.24, 2.45) is 5.18 Å². The summed E-state index contributed by atoms with van der Waals surface area (Å²) in [6, 6.07) is 21.9. The van der Waals surface area contributed by atoms with Crippen molar-refractivity contribution in [2.75, 3.05) is 0 Å². The monoisotopic (exact) mass is 276 g/mol. The smallest absolute Gasteiger partial charge is 0.136 e. The lowest BCUT2D eigenvalue weighted by atomic mass is 10.00. The minimum atomic E-state index is -0.359. The molecule has 1 N–H and O–H groups in total. The molecule has 0 aliphatic carbocycles. The molecule has 3 aromatic rings. The van der Waals surface area contributed by atoms with Gasteiger partial charge in [-0.3, -0.25) is 0 Å². The first kappa shape index (κ1) is 13.3. The van der Waals surface area contributed by atoms with Crippen molar-refractivity contribution in [3.63, 3.8) is 0 Å². The van der Waals surface area contributed by atoms with Gasteiger partial charge in [-0.25, -0.2) is 0 Å². The molecule has 0 bridgehead atoms. The van der Waals surface area contributed by atoms with E-state index in [4.69, 9.17) is 0 Å². The Balaban J connectivity index is 1.77. The Labute approximate surface area is 123 Å². The van der Waals surface area contributed by atoms with Crippen molar-refractivity contribution in [3.8, 4) is 11.1 Å². The molecule has 3 rings (SSSR count). The zero-order chi connectivity index (χ0) is 14.5. The van der Waals surface area contributed by atoms with E-state index >= 15 is 0 Å². The molecular formula is C18H16N2O. The average molecular weight is 276 g/mol. The minimum absolute atomic E-state index is 0.359. The van der Waals surface area contributed by atoms with Gasteiger partial charge in [-0.1, -0.05) is 59.8 Å². The summed E-state index contributed by atoms with van der Waals surface area (Å²) < 4.78 is 0. The van der Waals surface area contributed by atoms with Gasteiger partial charge in [-0.15, -0.1) is 0 Å². The third-order valence-electron chi connectivity index (χ3n) is 3.60. The number of rotatable bonds is 5. The number of hydrogen-bond donors (Lipinski definition) is 1. The molecule has 0 amide bonds. The summed E-state index contributed by atoms with van der Waals surface area (Å²) in [5, 5.41) is 3.23. The van der Waals surface area contributed by atoms with Gasteiger partial charge in [0.15, 0.2) is 0 Å². The molecule has 3 nitrogen and oxygen atoms in total. The number of hydrogen-bond acceptors (Lipinski definition) is 2. The Morgan fingerprint density at radius 2 is 1.57 bits per heavy atom. The van der Waals surface area contributed by atoms with E-state index in [1.165, 1.54) is 11.1 Å². The van der Waals surface area contributed by atoms with Crippen LogP contribution in [0.4, 0.5) is 0 Å². The highest BCUT2D eigenvalue weighted by Crippen LogP contribution is 2.23. The third kappa shape index (κ3) is 3.08. The van der Waals surface area contributed by atoms with Crippen LogP contribution >= 0.6 is 0 Å². The third-order valence-corrected chi connectivity index (χ3v) is 3.60. The van der Waals surface area contributed by atoms with Crippen LogP contribution in [0.1, 0.15) is 17.3 Å². The topological polar surface area (TPSA) is 45.2 Å². The van der Waals surface area contributed by atoms with Gasteiger partial charge in [-0.2, -0.15) is 4.91 Å². The Hall–Kier alpha value is -2.68. The second-order valence-electron chi connectivity index (χ2n) is 5.01. The number of benzene rings is 2. The van der Waals surface area contributed by atoms with E-state index in [1.54, 1.807) is 0 Å². The highest BCUT2D eigenvalue weighted by atomic mass is 16.3. The van der Waals surface area contributed by atoms with E-state index in [0.29, 0.717) is 6.42 Å². The van der Waals surface area contributed by atoms with Gasteiger partial charge in [-0.05, 0) is 28.8 Å². The molecule has 21 heavy (non-hydrogen) atoms. The maximum atomic E-state index is 11.0. The van der Waals surface area contributed by atoms with Crippen LogP contribution in [0.15, 0.2) is 78.1 Å². The molecule has 0 aliphatic heterocycles. The van der Waals surface area contributed by atoms with Gasteiger partial charge in [0.2, 0.25) is 0 Å². The lowest BCUT2D eigenvalue weighted by molar-refractivity contribution is 0.698. The van der Waals surface area contributed by atoms with Crippen LogP contribution in [-0.2, 0) is 6.42 Å². The van der Waals surface area contributed by atoms with Crippen LogP contribution in [0.3, 0.4) is 0 Å². The van der Waals surface area contributed by atoms with E-state index in [0.717, 1.165) is 11.3 Å². The summed E-state index contributed by atoms with van der Waals surface area (Å²) >= 11 is 0. The molecule has 2 aromatic carbocycles. The van der Waals surface area contributed by atoms with E-state index in [-0.39, 0.29) is 6.04 Å². The van der Waals surface area contributed by atoms with Crippen LogP contribution in [0.5, 0.6) is 0 Å². The second-order valence-corrected chi connectivity index (χ2v) is 5.01. The van der Waals surface area contributed by atoms with Crippen molar-refractivity contribution in [1.29, 1.82) is 0 Å². The van der Waals surface area contributed by atoms with Crippen LogP contribution < -0.4 is 0 Å². The van der Waals surface area contributed by atoms with Gasteiger partial charge < -0.3 is 4.98 Å². The standard InChI is InChI=1S/C18H16N2O/c21-20-18(17-7-4-12-19-17)13-14-8-10-16(11-9-14)15-5-2-1-3-6-15/h1-12,18-19H,13H2. The summed E-state index contributed by atoms with van der Waals surface area (Å²) in [6.45, 7) is 0. The first-order chi connectivity index (χ1) is 10.4. The molecule has 0 fully saturated rings. The SMILES string of the molecule is O=NC(Cc1ccc(-c2ccccc2)cc1)c1ccc[nH]1. The Kier molecular flexibility index (Phi) is 3.92. The molecule has 1 unspecified atom stereocenters. The lowest BCUT2D eigenvalue weighted by Crippen LogP contribution is -1.99. The predicted molar refractivity (Wildman–Crippen MR) is 84.9 cm³/mol. The van der Waals surface area contributed by atoms with Gasteiger partial charge in [0.05, 0.1) is 0 Å². The van der Waals surface area contributed by atoms with E-state index in [1.807, 2.05) is 36.5 Å². The number of aromatic nitrogens is 1. The fourth-order valence-electron chi connectivity index (χ4n) is 2.44. The first-order valence-corrected chi connectivity index (χ1v) is 6.97. The predicted octanol–water partition coefficient (Wildman–Crippen LogP) is 4.73. The van der Waals surface area contributed by atoms with Crippen molar-refractivity contribution >= 4 is 0 Å². The van der Waals surface area contributed by atoms with Gasteiger partial charge in [0.25, 0.3) is 0 Å². The fourth-order valence-corrected chi connectivity index (χ4v) is 2.44. The molecule has 104 valence electrons. The molecule has 0 aliphatic rings. The van der Waals surface area contributed by atoms with Crippen LogP contribution in [0, 0.1) is 4.91 Å². The molecule has 0 saturated heterocycles. The van der Waals surface area contributed by atoms with E-state index in [2.05, 4.69) is 46.6 Å². The highest BCUT2D eigenvalue weighted by Gasteiger charge is 2.13. The Morgan fingerprint density at radius 1 is 0.857 bits per heavy atom. The molecule has 0 spiro atoms. The normalized spacial score (nSPS) is 12.0. The largest absolute Gasteiger partial charge is 0.363 e. The minimum Gasteiger partial charge on any atom is -0.363 e. The molecule has 1 atom stereocenters. The summed E-state index contributed by atoms with van der Waals surface area (Å²) in [6.07, 6.45) is 2.42. The maximum absolute atomic E-state index is 11.0. The summed E-state index contributed by atoms with van der Waals surface area (Å²) in [5.74, 6) is 0. The number of nitroso groups, excluding NO2 is 1. The quantitative estimate of drug-likeness (QED) is 0.672. The van der Waals surface area contributed by atoms with Crippen LogP contribution in [0.2, 0.25) is 0 Å². The van der Waals surface area contributed by atoms with Gasteiger partial charge >= 0.3 is 0 Å². The molecule has 1 aromatic heterocycles. The maximum Gasteiger partial charge on any atom is 0.136 e. The molecule has 0 radical (unpaired) electrons. The molecular weight excluding hydrogens is 260 g/mol. The number of nitrogens with one attached hydrogen (secondary N) is 1. The first-order valence-electron chi connectivity index (χ1n) is 6.97. The van der Waals surface area contributed by atoms with Crippen LogP contribution in [-0.4, -0.2) is 4.98 Å². The Morgan fingerprint density at radius 3 is 2.19 bits per heavy atom. The summed E-state index contributed by atoms with van der Waals surface area (Å²) in [5.41, 5.74) is 4.33. The average Bonchev–Trinajstić information content (AvgIpc) is 3.08. The number of H-pyrrole nitrogens is 1. The summed E-state index contributed by atoms with van der Waals surface area (Å²) in [4.78, 5) is 14.1. The molecule has 0 saturated carbocycles. The van der Waals surface area contributed by atoms with Crippen molar-refractivity contribution in [1.82, 2.24) is 4.98 Å². The summed E-state index contributed by atoms with van der Waals surface area (Å²) in [7, 11) is 0. The fraction of sp³-hybridized carbons (Fsp3) is 0.111. The van der Waals surface area contributed by atoms with Gasteiger partial charge in [0.1, 0.15) is 6.04 Å². The number of aromatic amines is 1. The van der Waals surface area contributed by atoms with E-state index in [9.17, 15) is 4.91 Å². The van der Waals surface area contributed by atoms with Gasteiger partial charge in [0, 0.05) is 18.3 Å². The zero-order valence-electron chi connectivity index (χ0n) is 11.6. The highest BCUT2D eigenvalue weighted by molar-refractivity contribution is 5.63. The van der Waals surface area contributed by atoms with Crippen molar-refractivity contribution in [2.45, 2.75) is 12.5 Å². The van der Waals surface area contributed by atoms with Crippen LogP contribution in [0.25, 0.3) is 11.1 Å². The number of nitrogens with zero attached hydrogens (tertiary/aromatic N) is 1. The second kappa shape index (κ2) is 6.18. The molecule has 3 heteroatoms. The Bertz CT molecular complexity index is 688. The van der Waals surface area contributed by atoms with E-state index < -0.39 is 0 Å². The zero-order valence-corrected chi connectivity index (χ0v) is 11.6. The molecule has 1 heterocycles. The van der Waals surface area contributed by atoms with Crippen molar-refractivity contribution in [3.05, 3.63) is 89.1 Å².